The smallest absolute Gasteiger partial charge is 0.411 e. The van der Waals surface area contributed by atoms with Crippen LogP contribution in [0.25, 0.3) is 0 Å². The van der Waals surface area contributed by atoms with Gasteiger partial charge in [0, 0.05) is 16.1 Å². The Morgan fingerprint density at radius 2 is 2.10 bits per heavy atom. The fraction of sp³-hybridized carbons (Fsp3) is 0.562. The van der Waals surface area contributed by atoms with Crippen LogP contribution in [-0.4, -0.2) is 29.2 Å². The molecular formula is C16H22BrNO3. The predicted molar refractivity (Wildman–Crippen MR) is 85.6 cm³/mol. The summed E-state index contributed by atoms with van der Waals surface area (Å²) in [4.78, 5) is 14.3. The minimum absolute atomic E-state index is 0.0306. The zero-order chi connectivity index (χ0) is 15.8. The molecule has 0 aromatic heterocycles. The van der Waals surface area contributed by atoms with Gasteiger partial charge in [-0.1, -0.05) is 22.0 Å². The number of rotatable bonds is 2. The third-order valence-electron chi connectivity index (χ3n) is 3.23. The maximum absolute atomic E-state index is 12.5. The topological polar surface area (TPSA) is 38.8 Å². The molecule has 0 bridgehead atoms. The number of carbonyl (C=O) groups is 1. The van der Waals surface area contributed by atoms with Gasteiger partial charge in [0.25, 0.3) is 0 Å². The molecule has 1 aliphatic rings. The standard InChI is InChI=1S/C16H22BrNO3/c1-10(2)18(15(19)21-16(3,4)5)13-9-20-14-8-11(17)6-7-12(13)14/h6-8,10,13H,9H2,1-5H3. The predicted octanol–water partition coefficient (Wildman–Crippen LogP) is 4.53. The van der Waals surface area contributed by atoms with E-state index in [1.807, 2.05) is 52.8 Å². The summed E-state index contributed by atoms with van der Waals surface area (Å²) in [6, 6.07) is 5.82. The lowest BCUT2D eigenvalue weighted by Gasteiger charge is -2.33. The minimum atomic E-state index is -0.508. The monoisotopic (exact) mass is 355 g/mol. The second kappa shape index (κ2) is 5.87. The SMILES string of the molecule is CC(C)N(C(=O)OC(C)(C)C)C1COc2cc(Br)ccc21. The fourth-order valence-electron chi connectivity index (χ4n) is 2.41. The van der Waals surface area contributed by atoms with E-state index in [9.17, 15) is 4.79 Å². The Labute approximate surface area is 134 Å². The van der Waals surface area contributed by atoms with Crippen LogP contribution in [0.4, 0.5) is 4.79 Å². The Kier molecular flexibility index (Phi) is 4.51. The normalized spacial score (nSPS) is 17.4. The molecule has 1 aromatic carbocycles. The molecule has 1 heterocycles. The van der Waals surface area contributed by atoms with Crippen LogP contribution in [0, 0.1) is 0 Å². The van der Waals surface area contributed by atoms with Crippen molar-refractivity contribution >= 4 is 22.0 Å². The van der Waals surface area contributed by atoms with Crippen molar-refractivity contribution in [1.29, 1.82) is 0 Å². The van der Waals surface area contributed by atoms with E-state index in [0.29, 0.717) is 6.61 Å². The zero-order valence-electron chi connectivity index (χ0n) is 13.1. The summed E-state index contributed by atoms with van der Waals surface area (Å²) in [7, 11) is 0. The molecule has 5 heteroatoms. The molecule has 0 radical (unpaired) electrons. The van der Waals surface area contributed by atoms with E-state index in [1.165, 1.54) is 0 Å². The van der Waals surface area contributed by atoms with Gasteiger partial charge in [-0.3, -0.25) is 4.90 Å². The van der Waals surface area contributed by atoms with Gasteiger partial charge in [-0.25, -0.2) is 4.79 Å². The van der Waals surface area contributed by atoms with Crippen LogP contribution in [-0.2, 0) is 4.74 Å². The number of halogens is 1. The van der Waals surface area contributed by atoms with Crippen molar-refractivity contribution in [3.63, 3.8) is 0 Å². The highest BCUT2D eigenvalue weighted by Crippen LogP contribution is 2.39. The molecule has 1 atom stereocenters. The van der Waals surface area contributed by atoms with E-state index >= 15 is 0 Å². The quantitative estimate of drug-likeness (QED) is 0.782. The maximum atomic E-state index is 12.5. The number of carbonyl (C=O) groups excluding carboxylic acids is 1. The molecule has 0 fully saturated rings. The van der Waals surface area contributed by atoms with Gasteiger partial charge < -0.3 is 9.47 Å². The average molecular weight is 356 g/mol. The number of hydrogen-bond donors (Lipinski definition) is 0. The van der Waals surface area contributed by atoms with Crippen LogP contribution < -0.4 is 4.74 Å². The van der Waals surface area contributed by atoms with Gasteiger partial charge in [-0.15, -0.1) is 0 Å². The van der Waals surface area contributed by atoms with Gasteiger partial charge in [-0.2, -0.15) is 0 Å². The fourth-order valence-corrected chi connectivity index (χ4v) is 2.75. The Balaban J connectivity index is 2.28. The third-order valence-corrected chi connectivity index (χ3v) is 3.72. The molecule has 0 spiro atoms. The van der Waals surface area contributed by atoms with Gasteiger partial charge in [0.1, 0.15) is 18.0 Å². The summed E-state index contributed by atoms with van der Waals surface area (Å²) in [5.41, 5.74) is 0.518. The molecule has 116 valence electrons. The van der Waals surface area contributed by atoms with E-state index in [4.69, 9.17) is 9.47 Å². The molecule has 21 heavy (non-hydrogen) atoms. The first kappa shape index (κ1) is 16.1. The molecule has 1 aliphatic heterocycles. The largest absolute Gasteiger partial charge is 0.491 e. The van der Waals surface area contributed by atoms with Gasteiger partial charge in [0.05, 0.1) is 6.04 Å². The molecular weight excluding hydrogens is 334 g/mol. The highest BCUT2D eigenvalue weighted by Gasteiger charge is 2.36. The van der Waals surface area contributed by atoms with E-state index in [-0.39, 0.29) is 18.2 Å². The summed E-state index contributed by atoms with van der Waals surface area (Å²) in [5, 5.41) is 0. The van der Waals surface area contributed by atoms with Crippen molar-refractivity contribution in [2.75, 3.05) is 6.61 Å². The van der Waals surface area contributed by atoms with Crippen molar-refractivity contribution in [3.05, 3.63) is 28.2 Å². The molecule has 1 amide bonds. The number of ether oxygens (including phenoxy) is 2. The summed E-state index contributed by atoms with van der Waals surface area (Å²) in [5.74, 6) is 0.823. The summed E-state index contributed by atoms with van der Waals surface area (Å²) >= 11 is 3.43. The highest BCUT2D eigenvalue weighted by molar-refractivity contribution is 9.10. The number of fused-ring (bicyclic) bond motifs is 1. The highest BCUT2D eigenvalue weighted by atomic mass is 79.9. The molecule has 1 aromatic rings. The van der Waals surface area contributed by atoms with Crippen LogP contribution in [0.3, 0.4) is 0 Å². The van der Waals surface area contributed by atoms with Crippen molar-refractivity contribution in [2.24, 2.45) is 0 Å². The number of benzene rings is 1. The van der Waals surface area contributed by atoms with Crippen LogP contribution in [0.2, 0.25) is 0 Å². The third kappa shape index (κ3) is 3.70. The second-order valence-corrected chi connectivity index (χ2v) is 7.41. The average Bonchev–Trinajstić information content (AvgIpc) is 2.69. The van der Waals surface area contributed by atoms with Gasteiger partial charge in [0.15, 0.2) is 0 Å². The van der Waals surface area contributed by atoms with Crippen molar-refractivity contribution in [1.82, 2.24) is 4.90 Å². The number of hydrogen-bond acceptors (Lipinski definition) is 3. The Hall–Kier alpha value is -1.23. The molecule has 0 aliphatic carbocycles. The van der Waals surface area contributed by atoms with E-state index in [0.717, 1.165) is 15.8 Å². The van der Waals surface area contributed by atoms with Crippen LogP contribution in [0.15, 0.2) is 22.7 Å². The summed E-state index contributed by atoms with van der Waals surface area (Å²) in [6.07, 6.45) is -0.304. The van der Waals surface area contributed by atoms with E-state index < -0.39 is 5.60 Å². The van der Waals surface area contributed by atoms with Crippen LogP contribution in [0.1, 0.15) is 46.2 Å². The van der Waals surface area contributed by atoms with Gasteiger partial charge in [0.2, 0.25) is 0 Å². The molecule has 0 N–H and O–H groups in total. The lowest BCUT2D eigenvalue weighted by Crippen LogP contribution is -2.43. The van der Waals surface area contributed by atoms with Crippen molar-refractivity contribution < 1.29 is 14.3 Å². The second-order valence-electron chi connectivity index (χ2n) is 6.49. The summed E-state index contributed by atoms with van der Waals surface area (Å²) < 4.78 is 12.2. The lowest BCUT2D eigenvalue weighted by molar-refractivity contribution is 0.00589. The van der Waals surface area contributed by atoms with E-state index in [2.05, 4.69) is 15.9 Å². The Bertz CT molecular complexity index is 537. The molecule has 1 unspecified atom stereocenters. The molecule has 2 rings (SSSR count). The lowest BCUT2D eigenvalue weighted by atomic mass is 10.1. The van der Waals surface area contributed by atoms with E-state index in [1.54, 1.807) is 4.90 Å². The Morgan fingerprint density at radius 1 is 1.43 bits per heavy atom. The first-order valence-electron chi connectivity index (χ1n) is 7.12. The van der Waals surface area contributed by atoms with Crippen LogP contribution >= 0.6 is 15.9 Å². The first-order valence-corrected chi connectivity index (χ1v) is 7.92. The van der Waals surface area contributed by atoms with Gasteiger partial charge >= 0.3 is 6.09 Å². The zero-order valence-corrected chi connectivity index (χ0v) is 14.7. The molecule has 0 saturated heterocycles. The molecule has 4 nitrogen and oxygen atoms in total. The number of amides is 1. The number of nitrogens with zero attached hydrogens (tertiary/aromatic N) is 1. The molecule has 0 saturated carbocycles. The maximum Gasteiger partial charge on any atom is 0.411 e. The Morgan fingerprint density at radius 3 is 2.67 bits per heavy atom. The minimum Gasteiger partial charge on any atom is -0.491 e. The van der Waals surface area contributed by atoms with Crippen molar-refractivity contribution in [3.8, 4) is 5.75 Å². The first-order chi connectivity index (χ1) is 9.69. The van der Waals surface area contributed by atoms with Crippen LogP contribution in [0.5, 0.6) is 5.75 Å². The van der Waals surface area contributed by atoms with Crippen molar-refractivity contribution in [2.45, 2.75) is 52.3 Å². The summed E-state index contributed by atoms with van der Waals surface area (Å²) in [6.45, 7) is 10.1. The van der Waals surface area contributed by atoms with Gasteiger partial charge in [-0.05, 0) is 46.8 Å².